The number of nitrogens with zero attached hydrogens (tertiary/aromatic N) is 1. The van der Waals surface area contributed by atoms with E-state index in [0.717, 1.165) is 6.20 Å². The first kappa shape index (κ1) is 17.6. The topological polar surface area (TPSA) is 97.7 Å². The molecule has 0 bridgehead atoms. The quantitative estimate of drug-likeness (QED) is 0.806. The zero-order valence-electron chi connectivity index (χ0n) is 13.9. The predicted molar refractivity (Wildman–Crippen MR) is 94.9 cm³/mol. The highest BCUT2D eigenvalue weighted by Crippen LogP contribution is 2.32. The molecule has 8 heteroatoms. The third kappa shape index (κ3) is 3.58. The van der Waals surface area contributed by atoms with Crippen molar-refractivity contribution in [1.82, 2.24) is 0 Å². The summed E-state index contributed by atoms with van der Waals surface area (Å²) in [7, 11) is -2.45. The van der Waals surface area contributed by atoms with Crippen molar-refractivity contribution in [3.8, 4) is 23.3 Å². The number of nitrogens with one attached hydrogen (secondary N) is 1. The van der Waals surface area contributed by atoms with Crippen LogP contribution in [0.5, 0.6) is 17.2 Å². The SMILES string of the molecule is COc1ccc(S(=O)(=O)C(C#N)=CNc2ccc3c(c2)OCCO3)cc1. The van der Waals surface area contributed by atoms with Crippen molar-refractivity contribution >= 4 is 15.5 Å². The normalized spacial score (nSPS) is 13.6. The van der Waals surface area contributed by atoms with Crippen molar-refractivity contribution in [2.45, 2.75) is 4.90 Å². The molecule has 3 rings (SSSR count). The molecule has 0 radical (unpaired) electrons. The predicted octanol–water partition coefficient (Wildman–Crippen LogP) is 2.72. The molecule has 26 heavy (non-hydrogen) atoms. The van der Waals surface area contributed by atoms with Crippen LogP contribution in [0.1, 0.15) is 0 Å². The molecular weight excluding hydrogens is 356 g/mol. The number of benzene rings is 2. The second-order valence-electron chi connectivity index (χ2n) is 5.30. The van der Waals surface area contributed by atoms with E-state index >= 15 is 0 Å². The summed E-state index contributed by atoms with van der Waals surface area (Å²) in [6, 6.07) is 12.7. The summed E-state index contributed by atoms with van der Waals surface area (Å²) < 4.78 is 41.1. The molecule has 0 unspecified atom stereocenters. The number of anilines is 1. The first-order chi connectivity index (χ1) is 12.5. The number of hydrogen-bond acceptors (Lipinski definition) is 7. The summed E-state index contributed by atoms with van der Waals surface area (Å²) in [6.07, 6.45) is 1.16. The lowest BCUT2D eigenvalue weighted by atomic mass is 10.2. The fraction of sp³-hybridized carbons (Fsp3) is 0.167. The maximum Gasteiger partial charge on any atom is 0.218 e. The van der Waals surface area contributed by atoms with E-state index in [2.05, 4.69) is 5.32 Å². The second-order valence-corrected chi connectivity index (χ2v) is 7.22. The van der Waals surface area contributed by atoms with Crippen LogP contribution in [0, 0.1) is 11.3 Å². The van der Waals surface area contributed by atoms with Gasteiger partial charge in [-0.2, -0.15) is 5.26 Å². The van der Waals surface area contributed by atoms with Crippen LogP contribution in [0.4, 0.5) is 5.69 Å². The Morgan fingerprint density at radius 2 is 1.85 bits per heavy atom. The van der Waals surface area contributed by atoms with Gasteiger partial charge in [0, 0.05) is 18.0 Å². The summed E-state index contributed by atoms with van der Waals surface area (Å²) in [5.41, 5.74) is 0.576. The molecule has 7 nitrogen and oxygen atoms in total. The maximum atomic E-state index is 12.6. The number of fused-ring (bicyclic) bond motifs is 1. The van der Waals surface area contributed by atoms with Crippen molar-refractivity contribution in [2.75, 3.05) is 25.6 Å². The Balaban J connectivity index is 1.84. The van der Waals surface area contributed by atoms with Crippen LogP contribution in [0.15, 0.2) is 58.5 Å². The Labute approximate surface area is 151 Å². The van der Waals surface area contributed by atoms with Crippen molar-refractivity contribution in [3.63, 3.8) is 0 Å². The molecule has 1 aliphatic rings. The summed E-state index contributed by atoms with van der Waals surface area (Å²) in [5, 5.41) is 12.1. The number of rotatable bonds is 5. The van der Waals surface area contributed by atoms with Crippen LogP contribution in [-0.4, -0.2) is 28.7 Å². The highest BCUT2D eigenvalue weighted by atomic mass is 32.2. The number of ether oxygens (including phenoxy) is 3. The molecule has 2 aromatic rings. The molecule has 0 amide bonds. The summed E-state index contributed by atoms with van der Waals surface area (Å²) in [6.45, 7) is 0.931. The van der Waals surface area contributed by atoms with Crippen molar-refractivity contribution in [1.29, 1.82) is 5.26 Å². The average Bonchev–Trinajstić information content (AvgIpc) is 2.68. The standard InChI is InChI=1S/C18H16N2O5S/c1-23-14-3-5-15(6-4-14)26(21,22)16(11-19)12-20-13-2-7-17-18(10-13)25-9-8-24-17/h2-7,10,12,20H,8-9H2,1H3. The lowest BCUT2D eigenvalue weighted by Crippen LogP contribution is -2.15. The monoisotopic (exact) mass is 372 g/mol. The smallest absolute Gasteiger partial charge is 0.218 e. The van der Waals surface area contributed by atoms with Crippen LogP contribution in [0.25, 0.3) is 0 Å². The van der Waals surface area contributed by atoms with Crippen LogP contribution in [-0.2, 0) is 9.84 Å². The van der Waals surface area contributed by atoms with Crippen LogP contribution in [0.3, 0.4) is 0 Å². The Hall–Kier alpha value is -3.18. The van der Waals surface area contributed by atoms with Crippen LogP contribution in [0.2, 0.25) is 0 Å². The van der Waals surface area contributed by atoms with Gasteiger partial charge in [0.05, 0.1) is 12.0 Å². The third-order valence-corrected chi connectivity index (χ3v) is 5.36. The minimum absolute atomic E-state index is 0.00933. The molecule has 0 saturated heterocycles. The highest BCUT2D eigenvalue weighted by molar-refractivity contribution is 7.95. The molecule has 1 N–H and O–H groups in total. The van der Waals surface area contributed by atoms with Gasteiger partial charge in [-0.1, -0.05) is 0 Å². The molecule has 0 aromatic heterocycles. The maximum absolute atomic E-state index is 12.6. The first-order valence-electron chi connectivity index (χ1n) is 7.70. The first-order valence-corrected chi connectivity index (χ1v) is 9.18. The molecule has 134 valence electrons. The highest BCUT2D eigenvalue weighted by Gasteiger charge is 2.21. The van der Waals surface area contributed by atoms with Gasteiger partial charge in [-0.25, -0.2) is 8.42 Å². The third-order valence-electron chi connectivity index (χ3n) is 3.68. The van der Waals surface area contributed by atoms with E-state index in [4.69, 9.17) is 14.2 Å². The molecule has 2 aromatic carbocycles. The summed E-state index contributed by atoms with van der Waals surface area (Å²) in [4.78, 5) is -0.396. The zero-order chi connectivity index (χ0) is 18.6. The molecular formula is C18H16N2O5S. The van der Waals surface area contributed by atoms with E-state index < -0.39 is 14.7 Å². The fourth-order valence-electron chi connectivity index (χ4n) is 2.33. The van der Waals surface area contributed by atoms with E-state index in [1.165, 1.54) is 31.4 Å². The van der Waals surface area contributed by atoms with E-state index in [0.29, 0.717) is 36.1 Å². The van der Waals surface area contributed by atoms with Gasteiger partial charge in [0.2, 0.25) is 9.84 Å². The van der Waals surface area contributed by atoms with Crippen molar-refractivity contribution < 1.29 is 22.6 Å². The number of nitriles is 1. The molecule has 1 heterocycles. The van der Waals surface area contributed by atoms with Crippen molar-refractivity contribution in [2.24, 2.45) is 0 Å². The van der Waals surface area contributed by atoms with Gasteiger partial charge in [-0.15, -0.1) is 0 Å². The van der Waals surface area contributed by atoms with E-state index in [1.54, 1.807) is 24.3 Å². The van der Waals surface area contributed by atoms with Gasteiger partial charge >= 0.3 is 0 Å². The summed E-state index contributed by atoms with van der Waals surface area (Å²) in [5.74, 6) is 1.71. The molecule has 0 spiro atoms. The molecule has 0 fully saturated rings. The molecule has 0 aliphatic carbocycles. The largest absolute Gasteiger partial charge is 0.497 e. The molecule has 0 atom stereocenters. The van der Waals surface area contributed by atoms with Gasteiger partial charge < -0.3 is 19.5 Å². The number of allylic oxidation sites excluding steroid dienone is 1. The van der Waals surface area contributed by atoms with Crippen LogP contribution < -0.4 is 19.5 Å². The van der Waals surface area contributed by atoms with Gasteiger partial charge in [0.1, 0.15) is 25.0 Å². The Morgan fingerprint density at radius 3 is 2.50 bits per heavy atom. The minimum Gasteiger partial charge on any atom is -0.497 e. The van der Waals surface area contributed by atoms with E-state index in [-0.39, 0.29) is 4.90 Å². The second kappa shape index (κ2) is 7.37. The van der Waals surface area contributed by atoms with Crippen molar-refractivity contribution in [3.05, 3.63) is 53.6 Å². The number of hydrogen-bond donors (Lipinski definition) is 1. The lowest BCUT2D eigenvalue weighted by molar-refractivity contribution is 0.171. The molecule has 0 saturated carbocycles. The Morgan fingerprint density at radius 1 is 1.15 bits per heavy atom. The number of methoxy groups -OCH3 is 1. The van der Waals surface area contributed by atoms with Gasteiger partial charge in [0.15, 0.2) is 16.4 Å². The Kier molecular flexibility index (Phi) is 5.00. The van der Waals surface area contributed by atoms with Crippen LogP contribution >= 0.6 is 0 Å². The lowest BCUT2D eigenvalue weighted by Gasteiger charge is -2.18. The van der Waals surface area contributed by atoms with Gasteiger partial charge in [-0.3, -0.25) is 0 Å². The van der Waals surface area contributed by atoms with Gasteiger partial charge in [-0.05, 0) is 36.4 Å². The minimum atomic E-state index is -3.94. The fourth-order valence-corrected chi connectivity index (χ4v) is 3.42. The van der Waals surface area contributed by atoms with E-state index in [1.807, 2.05) is 0 Å². The zero-order valence-corrected chi connectivity index (χ0v) is 14.7. The average molecular weight is 372 g/mol. The van der Waals surface area contributed by atoms with E-state index in [9.17, 15) is 13.7 Å². The molecule has 1 aliphatic heterocycles. The Bertz CT molecular complexity index is 976. The van der Waals surface area contributed by atoms with Gasteiger partial charge in [0.25, 0.3) is 0 Å². The number of sulfone groups is 1. The summed E-state index contributed by atoms with van der Waals surface area (Å²) >= 11 is 0.